The summed E-state index contributed by atoms with van der Waals surface area (Å²) < 4.78 is 5.44. The van der Waals surface area contributed by atoms with Gasteiger partial charge in [-0.25, -0.2) is 0 Å². The average molecular weight is 275 g/mol. The van der Waals surface area contributed by atoms with Gasteiger partial charge in [-0.2, -0.15) is 0 Å². The summed E-state index contributed by atoms with van der Waals surface area (Å²) in [6.45, 7) is 2.10. The van der Waals surface area contributed by atoms with Crippen molar-refractivity contribution < 1.29 is 4.74 Å². The molecule has 0 fully saturated rings. The van der Waals surface area contributed by atoms with Gasteiger partial charge in [-0.05, 0) is 30.5 Å². The summed E-state index contributed by atoms with van der Waals surface area (Å²) >= 11 is 6.15. The van der Waals surface area contributed by atoms with Crippen molar-refractivity contribution in [1.82, 2.24) is 0 Å². The van der Waals surface area contributed by atoms with Gasteiger partial charge in [0.2, 0.25) is 0 Å². The van der Waals surface area contributed by atoms with Crippen LogP contribution in [0.5, 0.6) is 5.75 Å². The molecule has 0 heterocycles. The van der Waals surface area contributed by atoms with Crippen molar-refractivity contribution in [3.8, 4) is 5.75 Å². The first-order valence-electron chi connectivity index (χ1n) is 6.49. The second-order valence-corrected chi connectivity index (χ2v) is 5.09. The number of hydrogen-bond acceptors (Lipinski definition) is 1. The molecule has 2 aromatic rings. The van der Waals surface area contributed by atoms with Crippen LogP contribution in [-0.2, 0) is 6.42 Å². The topological polar surface area (TPSA) is 9.23 Å². The predicted molar refractivity (Wildman–Crippen MR) is 81.3 cm³/mol. The van der Waals surface area contributed by atoms with Crippen molar-refractivity contribution in [2.45, 2.75) is 19.3 Å². The fraction of sp³-hybridized carbons (Fsp3) is 0.294. The summed E-state index contributed by atoms with van der Waals surface area (Å²) in [5.74, 6) is 1.87. The van der Waals surface area contributed by atoms with E-state index in [-0.39, 0.29) is 0 Å². The number of alkyl halides is 1. The molecule has 0 radical (unpaired) electrons. The predicted octanol–water partition coefficient (Wildman–Crippen LogP) is 4.57. The summed E-state index contributed by atoms with van der Waals surface area (Å²) in [5.41, 5.74) is 3.75. The van der Waals surface area contributed by atoms with E-state index in [1.165, 1.54) is 16.7 Å². The Balaban J connectivity index is 2.26. The molecule has 0 bridgehead atoms. The molecule has 19 heavy (non-hydrogen) atoms. The van der Waals surface area contributed by atoms with E-state index in [1.807, 2.05) is 12.1 Å². The number of aryl methyl sites for hydroxylation is 1. The van der Waals surface area contributed by atoms with Gasteiger partial charge in [-0.3, -0.25) is 0 Å². The summed E-state index contributed by atoms with van der Waals surface area (Å²) in [6, 6.07) is 16.7. The molecule has 100 valence electrons. The van der Waals surface area contributed by atoms with Gasteiger partial charge in [-0.15, -0.1) is 11.6 Å². The lowest BCUT2D eigenvalue weighted by Gasteiger charge is -2.17. The van der Waals surface area contributed by atoms with E-state index in [0.29, 0.717) is 11.8 Å². The average Bonchev–Trinajstić information content (AvgIpc) is 2.46. The van der Waals surface area contributed by atoms with Gasteiger partial charge in [0.15, 0.2) is 0 Å². The summed E-state index contributed by atoms with van der Waals surface area (Å²) in [5, 5.41) is 0. The van der Waals surface area contributed by atoms with E-state index < -0.39 is 0 Å². The van der Waals surface area contributed by atoms with Crippen molar-refractivity contribution in [3.05, 3.63) is 65.2 Å². The zero-order valence-electron chi connectivity index (χ0n) is 11.4. The first-order valence-corrected chi connectivity index (χ1v) is 7.02. The number of rotatable bonds is 5. The third kappa shape index (κ3) is 3.51. The Morgan fingerprint density at radius 2 is 1.84 bits per heavy atom. The minimum Gasteiger partial charge on any atom is -0.496 e. The Labute approximate surface area is 120 Å². The quantitative estimate of drug-likeness (QED) is 0.726. The summed E-state index contributed by atoms with van der Waals surface area (Å²) in [4.78, 5) is 0. The molecule has 0 N–H and O–H groups in total. The van der Waals surface area contributed by atoms with Crippen molar-refractivity contribution >= 4 is 11.6 Å². The molecule has 0 spiro atoms. The van der Waals surface area contributed by atoms with Gasteiger partial charge >= 0.3 is 0 Å². The highest BCUT2D eigenvalue weighted by atomic mass is 35.5. The van der Waals surface area contributed by atoms with E-state index in [9.17, 15) is 0 Å². The molecular weight excluding hydrogens is 256 g/mol. The van der Waals surface area contributed by atoms with E-state index in [1.54, 1.807) is 7.11 Å². The smallest absolute Gasteiger partial charge is 0.122 e. The second kappa shape index (κ2) is 6.63. The van der Waals surface area contributed by atoms with Gasteiger partial charge in [-0.1, -0.05) is 48.0 Å². The molecule has 2 rings (SSSR count). The monoisotopic (exact) mass is 274 g/mol. The Bertz CT molecular complexity index is 522. The number of methoxy groups -OCH3 is 1. The number of halogens is 1. The zero-order chi connectivity index (χ0) is 13.7. The fourth-order valence-electron chi connectivity index (χ4n) is 2.32. The number of ether oxygens (including phenoxy) is 1. The molecule has 0 saturated heterocycles. The fourth-order valence-corrected chi connectivity index (χ4v) is 2.61. The van der Waals surface area contributed by atoms with Gasteiger partial charge in [0.1, 0.15) is 5.75 Å². The lowest BCUT2D eigenvalue weighted by atomic mass is 9.92. The highest BCUT2D eigenvalue weighted by molar-refractivity contribution is 6.18. The molecule has 0 aliphatic heterocycles. The van der Waals surface area contributed by atoms with Crippen LogP contribution in [0.1, 0.15) is 22.6 Å². The van der Waals surface area contributed by atoms with Crippen LogP contribution in [-0.4, -0.2) is 13.0 Å². The van der Waals surface area contributed by atoms with Gasteiger partial charge in [0.25, 0.3) is 0 Å². The zero-order valence-corrected chi connectivity index (χ0v) is 12.2. The molecule has 0 aliphatic carbocycles. The van der Waals surface area contributed by atoms with E-state index in [0.717, 1.165) is 12.2 Å². The van der Waals surface area contributed by atoms with Crippen molar-refractivity contribution in [2.24, 2.45) is 0 Å². The Morgan fingerprint density at radius 3 is 2.47 bits per heavy atom. The van der Waals surface area contributed by atoms with Crippen LogP contribution < -0.4 is 4.74 Å². The Kier molecular flexibility index (Phi) is 4.86. The highest BCUT2D eigenvalue weighted by Gasteiger charge is 2.14. The molecule has 1 nitrogen and oxygen atoms in total. The van der Waals surface area contributed by atoms with E-state index >= 15 is 0 Å². The van der Waals surface area contributed by atoms with Crippen LogP contribution in [0.25, 0.3) is 0 Å². The minimum absolute atomic E-state index is 0.318. The van der Waals surface area contributed by atoms with Crippen LogP contribution >= 0.6 is 11.6 Å². The summed E-state index contributed by atoms with van der Waals surface area (Å²) in [6.07, 6.45) is 0.901. The Morgan fingerprint density at radius 1 is 1.11 bits per heavy atom. The first-order chi connectivity index (χ1) is 9.24. The molecular formula is C17H19ClO. The lowest BCUT2D eigenvalue weighted by molar-refractivity contribution is 0.408. The molecule has 1 unspecified atom stereocenters. The standard InChI is InChI=1S/C17H19ClO/c1-13-8-9-17(19-2)15(10-13)11-16(12-18)14-6-4-3-5-7-14/h3-10,16H,11-12H2,1-2H3. The molecule has 0 amide bonds. The van der Waals surface area contributed by atoms with Crippen molar-refractivity contribution in [3.63, 3.8) is 0 Å². The maximum absolute atomic E-state index is 6.15. The minimum atomic E-state index is 0.318. The van der Waals surface area contributed by atoms with E-state index in [2.05, 4.69) is 43.3 Å². The van der Waals surface area contributed by atoms with Crippen LogP contribution in [0, 0.1) is 6.92 Å². The maximum atomic E-state index is 6.15. The number of hydrogen-bond donors (Lipinski definition) is 0. The lowest BCUT2D eigenvalue weighted by Crippen LogP contribution is -2.06. The molecule has 0 saturated carbocycles. The highest BCUT2D eigenvalue weighted by Crippen LogP contribution is 2.28. The third-order valence-electron chi connectivity index (χ3n) is 3.36. The van der Waals surface area contributed by atoms with E-state index in [4.69, 9.17) is 16.3 Å². The maximum Gasteiger partial charge on any atom is 0.122 e. The molecule has 0 aromatic heterocycles. The van der Waals surface area contributed by atoms with Crippen LogP contribution in [0.3, 0.4) is 0 Å². The van der Waals surface area contributed by atoms with Crippen molar-refractivity contribution in [1.29, 1.82) is 0 Å². The van der Waals surface area contributed by atoms with Crippen LogP contribution in [0.15, 0.2) is 48.5 Å². The molecule has 2 aromatic carbocycles. The molecule has 0 aliphatic rings. The third-order valence-corrected chi connectivity index (χ3v) is 3.73. The van der Waals surface area contributed by atoms with Crippen LogP contribution in [0.2, 0.25) is 0 Å². The van der Waals surface area contributed by atoms with Gasteiger partial charge in [0, 0.05) is 11.8 Å². The normalized spacial score (nSPS) is 12.2. The van der Waals surface area contributed by atoms with Gasteiger partial charge in [0.05, 0.1) is 7.11 Å². The summed E-state index contributed by atoms with van der Waals surface area (Å²) in [7, 11) is 1.71. The van der Waals surface area contributed by atoms with Gasteiger partial charge < -0.3 is 4.74 Å². The second-order valence-electron chi connectivity index (χ2n) is 4.78. The number of benzene rings is 2. The van der Waals surface area contributed by atoms with Crippen molar-refractivity contribution in [2.75, 3.05) is 13.0 Å². The Hall–Kier alpha value is -1.47. The van der Waals surface area contributed by atoms with Crippen LogP contribution in [0.4, 0.5) is 0 Å². The molecule has 2 heteroatoms. The largest absolute Gasteiger partial charge is 0.496 e. The molecule has 1 atom stereocenters. The SMILES string of the molecule is COc1ccc(C)cc1CC(CCl)c1ccccc1. The first kappa shape index (κ1) is 14.0.